The fourth-order valence-corrected chi connectivity index (χ4v) is 19.5. The monoisotopic (exact) mass is 1160 g/mol. The van der Waals surface area contributed by atoms with Crippen LogP contribution in [0.5, 0.6) is 17.2 Å². The molecule has 12 rings (SSSR count). The molecule has 3 aromatic carbocycles. The smallest absolute Gasteiger partial charge is 0.119 e. The predicted molar refractivity (Wildman–Crippen MR) is 349 cm³/mol. The Morgan fingerprint density at radius 3 is 1.12 bits per heavy atom. The van der Waals surface area contributed by atoms with Crippen molar-refractivity contribution in [3.63, 3.8) is 0 Å². The molecule has 6 saturated carbocycles. The van der Waals surface area contributed by atoms with Gasteiger partial charge in [0.25, 0.3) is 0 Å². The van der Waals surface area contributed by atoms with Crippen LogP contribution >= 0.6 is 0 Å². The number of fused-ring (bicyclic) bond motifs is 15. The third-order valence-corrected chi connectivity index (χ3v) is 24.3. The van der Waals surface area contributed by atoms with Crippen molar-refractivity contribution < 1.29 is 29.5 Å². The minimum absolute atomic E-state index is 0.369. The van der Waals surface area contributed by atoms with Crippen molar-refractivity contribution in [3.05, 3.63) is 122 Å². The van der Waals surface area contributed by atoms with E-state index < -0.39 is 0 Å². The molecule has 3 aromatic rings. The van der Waals surface area contributed by atoms with Gasteiger partial charge in [-0.1, -0.05) is 87.8 Å². The Morgan fingerprint density at radius 2 is 0.776 bits per heavy atom. The summed E-state index contributed by atoms with van der Waals surface area (Å²) < 4.78 is 17.6. The van der Waals surface area contributed by atoms with Gasteiger partial charge in [-0.05, 0) is 309 Å². The van der Waals surface area contributed by atoms with Crippen molar-refractivity contribution in [2.75, 3.05) is 102 Å². The minimum Gasteiger partial charge on any atom is -0.508 e. The third kappa shape index (κ3) is 13.6. The van der Waals surface area contributed by atoms with Crippen LogP contribution in [-0.2, 0) is 46.3 Å². The van der Waals surface area contributed by atoms with E-state index in [2.05, 4.69) is 140 Å². The van der Waals surface area contributed by atoms with Crippen LogP contribution in [0.3, 0.4) is 0 Å². The highest BCUT2D eigenvalue weighted by atomic mass is 16.5. The van der Waals surface area contributed by atoms with Gasteiger partial charge >= 0.3 is 0 Å². The normalized spacial score (nSPS) is 32.8. The van der Waals surface area contributed by atoms with Crippen molar-refractivity contribution in [2.45, 2.75) is 181 Å². The zero-order valence-corrected chi connectivity index (χ0v) is 54.9. The summed E-state index contributed by atoms with van der Waals surface area (Å²) in [6, 6.07) is 14.9. The first-order valence-electron chi connectivity index (χ1n) is 34.1. The van der Waals surface area contributed by atoms with Crippen molar-refractivity contribution in [3.8, 4) is 17.2 Å². The van der Waals surface area contributed by atoms with E-state index in [1.165, 1.54) is 119 Å². The molecule has 0 aromatic heterocycles. The summed E-state index contributed by atoms with van der Waals surface area (Å²) in [5, 5.41) is 30.5. The summed E-state index contributed by atoms with van der Waals surface area (Å²) in [6.45, 7) is 19.6. The number of ether oxygens (including phenoxy) is 3. The number of benzene rings is 3. The lowest BCUT2D eigenvalue weighted by Gasteiger charge is -2.49. The van der Waals surface area contributed by atoms with Gasteiger partial charge in [0.15, 0.2) is 0 Å². The first kappa shape index (κ1) is 64.0. The number of rotatable bonds is 17. The van der Waals surface area contributed by atoms with Crippen LogP contribution in [0.15, 0.2) is 77.4 Å². The summed E-state index contributed by atoms with van der Waals surface area (Å²) in [4.78, 5) is 6.51. The lowest BCUT2D eigenvalue weighted by atomic mass is 9.55. The Hall–Kier alpha value is -3.96. The molecule has 9 aliphatic rings. The molecule has 12 atom stereocenters. The second-order valence-electron chi connectivity index (χ2n) is 29.5. The Labute approximate surface area is 515 Å². The zero-order valence-electron chi connectivity index (χ0n) is 54.9. The Bertz CT molecular complexity index is 2720. The maximum absolute atomic E-state index is 10.3. The van der Waals surface area contributed by atoms with E-state index in [1.54, 1.807) is 27.8 Å². The predicted octanol–water partition coefficient (Wildman–Crippen LogP) is 15.4. The Balaban J connectivity index is 0.000000142. The summed E-state index contributed by atoms with van der Waals surface area (Å²) in [7, 11) is 12.6. The van der Waals surface area contributed by atoms with Crippen molar-refractivity contribution in [1.82, 2.24) is 14.7 Å². The van der Waals surface area contributed by atoms with Gasteiger partial charge in [-0.3, -0.25) is 0 Å². The lowest BCUT2D eigenvalue weighted by Crippen LogP contribution is -2.40. The molecule has 468 valence electrons. The Morgan fingerprint density at radius 1 is 0.435 bits per heavy atom. The van der Waals surface area contributed by atoms with Gasteiger partial charge in [-0.25, -0.2) is 0 Å². The van der Waals surface area contributed by atoms with Gasteiger partial charge in [0.05, 0.1) is 39.6 Å². The van der Waals surface area contributed by atoms with E-state index in [0.717, 1.165) is 138 Å². The molecule has 0 saturated heterocycles. The van der Waals surface area contributed by atoms with Crippen LogP contribution in [-0.4, -0.2) is 132 Å². The van der Waals surface area contributed by atoms with E-state index in [-0.39, 0.29) is 0 Å². The number of hydrogen-bond donors (Lipinski definition) is 3. The average Bonchev–Trinajstić information content (AvgIpc) is 2.17. The fraction of sp³-hybridized carbons (Fsp3) is 0.684. The molecule has 0 bridgehead atoms. The minimum atomic E-state index is 0.369. The summed E-state index contributed by atoms with van der Waals surface area (Å²) >= 11 is 0. The van der Waals surface area contributed by atoms with Gasteiger partial charge < -0.3 is 44.2 Å². The number of likely N-dealkylation sites (N-methyl/N-ethyl adjacent to an activating group) is 3. The van der Waals surface area contributed by atoms with E-state index >= 15 is 0 Å². The fourth-order valence-electron chi connectivity index (χ4n) is 19.5. The Kier molecular flexibility index (Phi) is 21.0. The van der Waals surface area contributed by atoms with Crippen LogP contribution in [0.1, 0.15) is 193 Å². The van der Waals surface area contributed by atoms with E-state index in [9.17, 15) is 15.3 Å². The quantitative estimate of drug-likeness (QED) is 0.0902. The van der Waals surface area contributed by atoms with E-state index in [1.807, 2.05) is 12.1 Å². The van der Waals surface area contributed by atoms with Crippen LogP contribution in [0, 0.1) is 51.8 Å². The number of nitrogens with zero attached hydrogens (tertiary/aromatic N) is 3. The number of aromatic hydroxyl groups is 3. The first-order valence-corrected chi connectivity index (χ1v) is 34.1. The molecule has 0 spiro atoms. The van der Waals surface area contributed by atoms with Crippen LogP contribution in [0.2, 0.25) is 0 Å². The standard InChI is InChI=1S/2C26H39NO2.C24H35NO2/c2*1-5-18-16-23-19(17-25(18)28)6-8-22-21(23)10-12-26(2)20(7-9-24(22)26)11-14-29-15-13-27(3)4;1-24-12-10-21-20-8-6-19(26)16-17(20)4-7-22(21)23(24)9-5-18(24)11-14-27-15-13-25(2)3/h2*11,16-17,21-22,24,28H,5-10,12-15H2,1-4H3;6,8,11,16,21-23,26H,4-5,7,9-10,12-15H2,1-3H3/b2*20-11+;18-11+. The molecule has 12 unspecified atom stereocenters. The second-order valence-corrected chi connectivity index (χ2v) is 29.5. The molecule has 9 aliphatic carbocycles. The largest absolute Gasteiger partial charge is 0.508 e. The van der Waals surface area contributed by atoms with Gasteiger partial charge in [-0.2, -0.15) is 0 Å². The summed E-state index contributed by atoms with van der Waals surface area (Å²) in [6.07, 6.45) is 31.9. The summed E-state index contributed by atoms with van der Waals surface area (Å²) in [5.74, 6) is 8.35. The molecule has 0 heterocycles. The maximum Gasteiger partial charge on any atom is 0.119 e. The topological polar surface area (TPSA) is 98.1 Å². The molecular weight excluding hydrogens is 1050 g/mol. The highest BCUT2D eigenvalue weighted by molar-refractivity contribution is 5.48. The number of phenolic OH excluding ortho intramolecular Hbond substituents is 3. The van der Waals surface area contributed by atoms with Crippen LogP contribution in [0.25, 0.3) is 0 Å². The molecule has 0 radical (unpaired) electrons. The maximum atomic E-state index is 10.3. The zero-order chi connectivity index (χ0) is 60.2. The van der Waals surface area contributed by atoms with Crippen molar-refractivity contribution >= 4 is 0 Å². The van der Waals surface area contributed by atoms with Crippen LogP contribution in [0.4, 0.5) is 0 Å². The van der Waals surface area contributed by atoms with E-state index in [0.29, 0.717) is 51.2 Å². The summed E-state index contributed by atoms with van der Waals surface area (Å²) in [5.41, 5.74) is 17.2. The number of phenols is 3. The molecule has 85 heavy (non-hydrogen) atoms. The third-order valence-electron chi connectivity index (χ3n) is 24.3. The average molecular weight is 1160 g/mol. The first-order chi connectivity index (χ1) is 40.9. The molecule has 0 amide bonds. The number of aryl methyl sites for hydroxylation is 5. The molecule has 9 heteroatoms. The van der Waals surface area contributed by atoms with Gasteiger partial charge in [0.2, 0.25) is 0 Å². The molecule has 3 N–H and O–H groups in total. The van der Waals surface area contributed by atoms with Crippen LogP contribution < -0.4 is 0 Å². The number of hydrogen-bond acceptors (Lipinski definition) is 9. The molecule has 9 nitrogen and oxygen atoms in total. The van der Waals surface area contributed by atoms with Gasteiger partial charge in [-0.15, -0.1) is 0 Å². The van der Waals surface area contributed by atoms with Gasteiger partial charge in [0.1, 0.15) is 17.2 Å². The number of allylic oxidation sites excluding steroid dienone is 3. The van der Waals surface area contributed by atoms with Gasteiger partial charge in [0, 0.05) is 19.6 Å². The SMILES string of the molecule is CCc1cc2c(cc1O)CCC1C2CCC2(C)/C(=C/COCCN(C)C)CCC12.CCc1cc2c(cc1O)CCC1C2CCC2(C)/C(=C/COCCN(C)C)CCC12.CN(C)CCOC/C=C1\CCC2C3CCc4cc(O)ccc4C3CCC12C. The molecule has 0 aliphatic heterocycles. The molecule has 6 fully saturated rings. The highest BCUT2D eigenvalue weighted by Crippen LogP contribution is 2.66. The van der Waals surface area contributed by atoms with Crippen molar-refractivity contribution in [1.29, 1.82) is 0 Å². The molecular formula is C76H113N3O6. The van der Waals surface area contributed by atoms with E-state index in [4.69, 9.17) is 14.2 Å². The van der Waals surface area contributed by atoms with Crippen molar-refractivity contribution in [2.24, 2.45) is 51.8 Å². The second kappa shape index (κ2) is 27.8. The highest BCUT2D eigenvalue weighted by Gasteiger charge is 2.55. The lowest BCUT2D eigenvalue weighted by molar-refractivity contribution is 0.0801.